The first kappa shape index (κ1) is 22.8. The predicted octanol–water partition coefficient (Wildman–Crippen LogP) is 3.10. The minimum atomic E-state index is -1.27. The Kier molecular flexibility index (Phi) is 8.16. The molecule has 9 heteroatoms. The van der Waals surface area contributed by atoms with E-state index in [1.807, 2.05) is 0 Å². The molecule has 2 amide bonds. The molecule has 0 aliphatic carbocycles. The van der Waals surface area contributed by atoms with Gasteiger partial charge in [-0.3, -0.25) is 9.59 Å². The van der Waals surface area contributed by atoms with Gasteiger partial charge in [0.25, 0.3) is 0 Å². The van der Waals surface area contributed by atoms with Gasteiger partial charge in [0.2, 0.25) is 11.8 Å². The second kappa shape index (κ2) is 10.4. The maximum Gasteiger partial charge on any atom is 0.326 e. The maximum absolute atomic E-state index is 14.0. The van der Waals surface area contributed by atoms with Crippen LogP contribution in [0, 0.1) is 5.82 Å². The summed E-state index contributed by atoms with van der Waals surface area (Å²) in [4.78, 5) is 35.9. The molecule has 2 aromatic rings. The molecule has 0 fully saturated rings. The Morgan fingerprint density at radius 3 is 2.34 bits per heavy atom. The first-order valence-corrected chi connectivity index (χ1v) is 9.82. The highest BCUT2D eigenvalue weighted by Gasteiger charge is 2.27. The predicted molar refractivity (Wildman–Crippen MR) is 110 cm³/mol. The monoisotopic (exact) mass is 484 g/mol. The van der Waals surface area contributed by atoms with Gasteiger partial charge >= 0.3 is 5.97 Å². The van der Waals surface area contributed by atoms with Crippen molar-refractivity contribution >= 4 is 45.3 Å². The summed E-state index contributed by atoms with van der Waals surface area (Å²) in [6.07, 6.45) is -0.153. The van der Waals surface area contributed by atoms with E-state index >= 15 is 0 Å². The summed E-state index contributed by atoms with van der Waals surface area (Å²) < 4.78 is 14.6. The molecule has 3 N–H and O–H groups in total. The standard InChI is InChI=1S/C20H19BrClFN2O4/c1-11(26)24-17(9-12-4-2-3-5-16(12)23)19(27)25-18(20(28)29)10-13-8-14(22)6-7-15(13)21/h2-8,17-18H,9-10H2,1H3,(H,24,26)(H,25,27)(H,28,29)/t17-,18+/m0/s1. The molecular formula is C20H19BrClFN2O4. The average Bonchev–Trinajstić information content (AvgIpc) is 2.64. The molecule has 2 aromatic carbocycles. The zero-order valence-corrected chi connectivity index (χ0v) is 17.8. The fourth-order valence-electron chi connectivity index (χ4n) is 2.73. The summed E-state index contributed by atoms with van der Waals surface area (Å²) >= 11 is 9.29. The second-order valence-electron chi connectivity index (χ2n) is 6.39. The Morgan fingerprint density at radius 2 is 1.72 bits per heavy atom. The zero-order chi connectivity index (χ0) is 21.6. The number of carboxylic acids is 1. The number of hydrogen-bond acceptors (Lipinski definition) is 3. The van der Waals surface area contributed by atoms with Crippen LogP contribution >= 0.6 is 27.5 Å². The van der Waals surface area contributed by atoms with Crippen LogP contribution < -0.4 is 10.6 Å². The normalized spacial score (nSPS) is 12.7. The van der Waals surface area contributed by atoms with Gasteiger partial charge in [0.1, 0.15) is 17.9 Å². The highest BCUT2D eigenvalue weighted by atomic mass is 79.9. The van der Waals surface area contributed by atoms with Gasteiger partial charge in [-0.1, -0.05) is 45.7 Å². The summed E-state index contributed by atoms with van der Waals surface area (Å²) in [5, 5.41) is 14.8. The van der Waals surface area contributed by atoms with E-state index in [-0.39, 0.29) is 18.4 Å². The van der Waals surface area contributed by atoms with Crippen molar-refractivity contribution in [2.24, 2.45) is 0 Å². The van der Waals surface area contributed by atoms with Crippen molar-refractivity contribution in [2.75, 3.05) is 0 Å². The molecule has 0 aliphatic heterocycles. The SMILES string of the molecule is CC(=O)N[C@@H](Cc1ccccc1F)C(=O)N[C@H](Cc1cc(Cl)ccc1Br)C(=O)O. The van der Waals surface area contributed by atoms with Gasteiger partial charge in [0.15, 0.2) is 0 Å². The summed E-state index contributed by atoms with van der Waals surface area (Å²) in [6.45, 7) is 1.22. The summed E-state index contributed by atoms with van der Waals surface area (Å²) in [5.74, 6) is -2.99. The lowest BCUT2D eigenvalue weighted by Crippen LogP contribution is -2.52. The molecule has 2 rings (SSSR count). The molecule has 29 heavy (non-hydrogen) atoms. The molecule has 2 atom stereocenters. The van der Waals surface area contributed by atoms with Gasteiger partial charge in [-0.15, -0.1) is 0 Å². The third kappa shape index (κ3) is 6.83. The Labute approximate surface area is 180 Å². The van der Waals surface area contributed by atoms with Crippen LogP contribution in [0.3, 0.4) is 0 Å². The number of aliphatic carboxylic acids is 1. The maximum atomic E-state index is 14.0. The lowest BCUT2D eigenvalue weighted by Gasteiger charge is -2.21. The summed E-state index contributed by atoms with van der Waals surface area (Å²) in [6, 6.07) is 8.38. The van der Waals surface area contributed by atoms with Crippen LogP contribution in [0.15, 0.2) is 46.9 Å². The van der Waals surface area contributed by atoms with Gasteiger partial charge in [0, 0.05) is 29.3 Å². The molecule has 154 valence electrons. The van der Waals surface area contributed by atoms with Gasteiger partial charge in [0.05, 0.1) is 0 Å². The number of hydrogen-bond donors (Lipinski definition) is 3. The third-order valence-electron chi connectivity index (χ3n) is 4.12. The molecule has 0 aliphatic rings. The smallest absolute Gasteiger partial charge is 0.326 e. The number of benzene rings is 2. The molecule has 0 radical (unpaired) electrons. The third-order valence-corrected chi connectivity index (χ3v) is 5.13. The minimum absolute atomic E-state index is 0.0330. The second-order valence-corrected chi connectivity index (χ2v) is 7.68. The molecule has 0 spiro atoms. The number of carboxylic acid groups (broad SMARTS) is 1. The van der Waals surface area contributed by atoms with Crippen molar-refractivity contribution in [3.05, 3.63) is 68.9 Å². The van der Waals surface area contributed by atoms with Crippen molar-refractivity contribution in [3.63, 3.8) is 0 Å². The van der Waals surface area contributed by atoms with Gasteiger partial charge < -0.3 is 15.7 Å². The van der Waals surface area contributed by atoms with Crippen LogP contribution in [0.5, 0.6) is 0 Å². The van der Waals surface area contributed by atoms with E-state index in [2.05, 4.69) is 26.6 Å². The minimum Gasteiger partial charge on any atom is -0.480 e. The van der Waals surface area contributed by atoms with E-state index in [1.54, 1.807) is 24.3 Å². The molecule has 6 nitrogen and oxygen atoms in total. The lowest BCUT2D eigenvalue weighted by molar-refractivity contribution is -0.142. The largest absolute Gasteiger partial charge is 0.480 e. The first-order chi connectivity index (χ1) is 13.7. The van der Waals surface area contributed by atoms with Gasteiger partial charge in [-0.05, 0) is 35.4 Å². The number of amides is 2. The fourth-order valence-corrected chi connectivity index (χ4v) is 3.33. The summed E-state index contributed by atoms with van der Waals surface area (Å²) in [5.41, 5.74) is 0.821. The number of nitrogens with one attached hydrogen (secondary N) is 2. The number of carbonyl (C=O) groups excluding carboxylic acids is 2. The van der Waals surface area contributed by atoms with Crippen molar-refractivity contribution in [1.82, 2.24) is 10.6 Å². The molecule has 0 unspecified atom stereocenters. The van der Waals surface area contributed by atoms with Crippen molar-refractivity contribution in [2.45, 2.75) is 31.8 Å². The Morgan fingerprint density at radius 1 is 1.07 bits per heavy atom. The fraction of sp³-hybridized carbons (Fsp3) is 0.250. The topological polar surface area (TPSA) is 95.5 Å². The molecular weight excluding hydrogens is 467 g/mol. The Bertz CT molecular complexity index is 925. The number of rotatable bonds is 8. The highest BCUT2D eigenvalue weighted by Crippen LogP contribution is 2.22. The van der Waals surface area contributed by atoms with Crippen LogP contribution in [0.25, 0.3) is 0 Å². The van der Waals surface area contributed by atoms with Crippen LogP contribution in [0.1, 0.15) is 18.1 Å². The Hall–Kier alpha value is -2.45. The van der Waals surface area contributed by atoms with E-state index in [9.17, 15) is 23.9 Å². The first-order valence-electron chi connectivity index (χ1n) is 8.65. The van der Waals surface area contributed by atoms with Crippen molar-refractivity contribution < 1.29 is 23.9 Å². The zero-order valence-electron chi connectivity index (χ0n) is 15.4. The van der Waals surface area contributed by atoms with E-state index in [0.29, 0.717) is 15.1 Å². The molecule has 0 saturated carbocycles. The highest BCUT2D eigenvalue weighted by molar-refractivity contribution is 9.10. The van der Waals surface area contributed by atoms with Gasteiger partial charge in [-0.2, -0.15) is 0 Å². The van der Waals surface area contributed by atoms with E-state index in [1.165, 1.54) is 25.1 Å². The van der Waals surface area contributed by atoms with Crippen LogP contribution in [0.2, 0.25) is 5.02 Å². The van der Waals surface area contributed by atoms with Crippen molar-refractivity contribution in [3.8, 4) is 0 Å². The summed E-state index contributed by atoms with van der Waals surface area (Å²) in [7, 11) is 0. The van der Waals surface area contributed by atoms with Crippen LogP contribution in [-0.4, -0.2) is 35.0 Å². The van der Waals surface area contributed by atoms with Crippen molar-refractivity contribution in [1.29, 1.82) is 0 Å². The van der Waals surface area contributed by atoms with E-state index < -0.39 is 35.7 Å². The Balaban J connectivity index is 2.19. The number of halogens is 3. The van der Waals surface area contributed by atoms with E-state index in [4.69, 9.17) is 11.6 Å². The van der Waals surface area contributed by atoms with E-state index in [0.717, 1.165) is 0 Å². The molecule has 0 aromatic heterocycles. The molecule has 0 saturated heterocycles. The quantitative estimate of drug-likeness (QED) is 0.535. The van der Waals surface area contributed by atoms with Crippen LogP contribution in [-0.2, 0) is 27.2 Å². The average molecular weight is 486 g/mol. The molecule has 0 heterocycles. The lowest BCUT2D eigenvalue weighted by atomic mass is 10.0. The molecule has 0 bridgehead atoms. The number of carbonyl (C=O) groups is 3. The van der Waals surface area contributed by atoms with Gasteiger partial charge in [-0.25, -0.2) is 9.18 Å². The van der Waals surface area contributed by atoms with Crippen LogP contribution in [0.4, 0.5) is 4.39 Å².